The number of halogens is 3. The second-order valence-corrected chi connectivity index (χ2v) is 11.4. The molecule has 1 fully saturated rings. The van der Waals surface area contributed by atoms with Crippen LogP contribution in [0.1, 0.15) is 71.9 Å². The summed E-state index contributed by atoms with van der Waals surface area (Å²) in [7, 11) is 0. The van der Waals surface area contributed by atoms with E-state index in [-0.39, 0.29) is 24.7 Å². The summed E-state index contributed by atoms with van der Waals surface area (Å²) in [5.41, 5.74) is -1.20. The van der Waals surface area contributed by atoms with Crippen LogP contribution in [0.25, 0.3) is 6.08 Å². The summed E-state index contributed by atoms with van der Waals surface area (Å²) in [5, 5.41) is 21.7. The first-order valence-electron chi connectivity index (χ1n) is 13.0. The molecule has 2 unspecified atom stereocenters. The second-order valence-electron chi connectivity index (χ2n) is 11.4. The average molecular weight is 542 g/mol. The molecule has 7 atom stereocenters. The number of aryl methyl sites for hydroxylation is 1. The summed E-state index contributed by atoms with van der Waals surface area (Å²) in [4.78, 5) is 30.3. The number of Topliss-reactive ketones (excluding diaryl/α,β-unsaturated/α-hetero) is 1. The van der Waals surface area contributed by atoms with Gasteiger partial charge in [-0.25, -0.2) is 4.98 Å². The number of allylic oxidation sites excluding steroid dienone is 1. The molecule has 38 heavy (non-hydrogen) atoms. The number of hydrogen-bond acceptors (Lipinski definition) is 7. The maximum absolute atomic E-state index is 14.0. The lowest BCUT2D eigenvalue weighted by Gasteiger charge is -2.34. The number of carbonyl (C=O) groups excluding carboxylic acids is 2. The first-order chi connectivity index (χ1) is 17.5. The van der Waals surface area contributed by atoms with Crippen molar-refractivity contribution in [2.24, 2.45) is 29.1 Å². The number of nitrogens with zero attached hydrogens (tertiary/aromatic N) is 1. The fourth-order valence-corrected chi connectivity index (χ4v) is 5.33. The maximum Gasteiger partial charge on any atom is 0.412 e. The van der Waals surface area contributed by atoms with Gasteiger partial charge in [-0.05, 0) is 49.2 Å². The number of alkyl halides is 3. The lowest BCUT2D eigenvalue weighted by Crippen LogP contribution is -2.46. The zero-order valence-corrected chi connectivity index (χ0v) is 22.7. The van der Waals surface area contributed by atoms with Gasteiger partial charge in [0.15, 0.2) is 5.89 Å². The molecule has 2 heterocycles. The van der Waals surface area contributed by atoms with Gasteiger partial charge < -0.3 is 19.4 Å². The summed E-state index contributed by atoms with van der Waals surface area (Å²) >= 11 is 0. The van der Waals surface area contributed by atoms with E-state index < -0.39 is 65.5 Å². The second kappa shape index (κ2) is 11.3. The molecule has 2 aliphatic rings. The van der Waals surface area contributed by atoms with E-state index in [1.165, 1.54) is 20.1 Å². The largest absolute Gasteiger partial charge is 0.457 e. The SMILES string of the molecule is CC(=Cc1coc(C)n1)[C@@H]1CC=C(C(F)(F)F)CC2CC2[C@H](C)[C@H](O)[C@@H](C)C(=O)C(C)(C)[C@@H](O)CC(=O)O1. The Morgan fingerprint density at radius 2 is 1.84 bits per heavy atom. The third-order valence-corrected chi connectivity index (χ3v) is 8.16. The van der Waals surface area contributed by atoms with Gasteiger partial charge in [0.2, 0.25) is 0 Å². The molecule has 1 aliphatic heterocycles. The molecule has 0 spiro atoms. The topological polar surface area (TPSA) is 110 Å². The van der Waals surface area contributed by atoms with E-state index in [1.807, 2.05) is 0 Å². The van der Waals surface area contributed by atoms with Crippen LogP contribution in [0.4, 0.5) is 13.2 Å². The van der Waals surface area contributed by atoms with Gasteiger partial charge in [0, 0.05) is 24.8 Å². The zero-order valence-electron chi connectivity index (χ0n) is 22.7. The molecule has 0 saturated heterocycles. The molecule has 1 aliphatic carbocycles. The fraction of sp³-hybridized carbons (Fsp3) is 0.679. The van der Waals surface area contributed by atoms with Crippen molar-refractivity contribution in [2.75, 3.05) is 0 Å². The number of aromatic nitrogens is 1. The van der Waals surface area contributed by atoms with E-state index in [1.54, 1.807) is 33.8 Å². The highest BCUT2D eigenvalue weighted by atomic mass is 19.4. The third-order valence-electron chi connectivity index (χ3n) is 8.16. The minimum atomic E-state index is -4.57. The molecule has 7 nitrogen and oxygen atoms in total. The number of aliphatic hydroxyl groups excluding tert-OH is 2. The number of esters is 1. The standard InChI is InChI=1S/C28H38F3NO6/c1-14(9-20-13-37-17(4)32-20)22-8-7-19(28(29,30)31)10-18-11-21(18)15(2)25(35)16(3)26(36)27(5,6)23(33)12-24(34)38-22/h7,9,13,15-16,18,21-23,25,33,35H,8,10-12H2,1-6H3/t15-,16+,18?,21?,22-,23-,25-/m0/s1. The van der Waals surface area contributed by atoms with Crippen LogP contribution in [0.15, 0.2) is 27.9 Å². The van der Waals surface area contributed by atoms with Crippen LogP contribution < -0.4 is 0 Å². The van der Waals surface area contributed by atoms with E-state index >= 15 is 0 Å². The van der Waals surface area contributed by atoms with Crippen LogP contribution in [0.2, 0.25) is 0 Å². The van der Waals surface area contributed by atoms with Gasteiger partial charge in [0.1, 0.15) is 23.8 Å². The van der Waals surface area contributed by atoms with E-state index in [0.29, 0.717) is 23.6 Å². The molecular weight excluding hydrogens is 503 g/mol. The Morgan fingerprint density at radius 1 is 1.18 bits per heavy atom. The van der Waals surface area contributed by atoms with Crippen LogP contribution in [-0.2, 0) is 14.3 Å². The minimum Gasteiger partial charge on any atom is -0.457 e. The van der Waals surface area contributed by atoms with Gasteiger partial charge >= 0.3 is 12.1 Å². The Labute approximate surface area is 221 Å². The molecule has 0 bridgehead atoms. The van der Waals surface area contributed by atoms with Crippen LogP contribution >= 0.6 is 0 Å². The first kappa shape index (κ1) is 30.1. The molecular formula is C28H38F3NO6. The number of oxazole rings is 1. The summed E-state index contributed by atoms with van der Waals surface area (Å²) < 4.78 is 52.6. The Morgan fingerprint density at radius 3 is 2.42 bits per heavy atom. The molecule has 1 aromatic heterocycles. The monoisotopic (exact) mass is 541 g/mol. The van der Waals surface area contributed by atoms with Crippen molar-refractivity contribution in [1.82, 2.24) is 4.98 Å². The van der Waals surface area contributed by atoms with Crippen molar-refractivity contribution in [2.45, 2.75) is 91.7 Å². The van der Waals surface area contributed by atoms with E-state index in [0.717, 1.165) is 6.08 Å². The number of ketones is 1. The Balaban J connectivity index is 1.98. The Bertz CT molecular complexity index is 1090. The van der Waals surface area contributed by atoms with Crippen LogP contribution in [0.5, 0.6) is 0 Å². The lowest BCUT2D eigenvalue weighted by molar-refractivity contribution is -0.154. The summed E-state index contributed by atoms with van der Waals surface area (Å²) in [6.07, 6.45) is -4.57. The Hall–Kier alpha value is -2.46. The number of ether oxygens (including phenoxy) is 1. The summed E-state index contributed by atoms with van der Waals surface area (Å²) in [6.45, 7) is 9.58. The molecule has 10 heteroatoms. The minimum absolute atomic E-state index is 0.155. The molecule has 0 aromatic carbocycles. The van der Waals surface area contributed by atoms with Crippen molar-refractivity contribution in [3.8, 4) is 0 Å². The zero-order chi connectivity index (χ0) is 28.6. The van der Waals surface area contributed by atoms with E-state index in [4.69, 9.17) is 9.15 Å². The van der Waals surface area contributed by atoms with Gasteiger partial charge in [-0.15, -0.1) is 0 Å². The van der Waals surface area contributed by atoms with Crippen molar-refractivity contribution in [3.63, 3.8) is 0 Å². The van der Waals surface area contributed by atoms with E-state index in [9.17, 15) is 33.0 Å². The van der Waals surface area contributed by atoms with Gasteiger partial charge in [-0.3, -0.25) is 9.59 Å². The lowest BCUT2D eigenvalue weighted by atomic mass is 9.72. The Kier molecular flexibility index (Phi) is 8.98. The quantitative estimate of drug-likeness (QED) is 0.391. The first-order valence-corrected chi connectivity index (χ1v) is 13.0. The van der Waals surface area contributed by atoms with Crippen LogP contribution in [0, 0.1) is 36.0 Å². The van der Waals surface area contributed by atoms with Crippen LogP contribution in [-0.4, -0.2) is 51.4 Å². The molecule has 2 N–H and O–H groups in total. The molecule has 0 amide bonds. The number of carbonyl (C=O) groups is 2. The van der Waals surface area contributed by atoms with Crippen molar-refractivity contribution < 1.29 is 42.1 Å². The fourth-order valence-electron chi connectivity index (χ4n) is 5.33. The van der Waals surface area contributed by atoms with Crippen molar-refractivity contribution in [1.29, 1.82) is 0 Å². The number of cyclic esters (lactones) is 1. The molecule has 3 rings (SSSR count). The number of rotatable bonds is 2. The van der Waals surface area contributed by atoms with Gasteiger partial charge in [0.25, 0.3) is 0 Å². The predicted molar refractivity (Wildman–Crippen MR) is 133 cm³/mol. The highest BCUT2D eigenvalue weighted by Gasteiger charge is 2.49. The molecule has 0 radical (unpaired) electrons. The highest BCUT2D eigenvalue weighted by Crippen LogP contribution is 2.51. The molecule has 1 aromatic rings. The van der Waals surface area contributed by atoms with E-state index in [2.05, 4.69) is 4.98 Å². The maximum atomic E-state index is 14.0. The smallest absolute Gasteiger partial charge is 0.412 e. The summed E-state index contributed by atoms with van der Waals surface area (Å²) in [6, 6.07) is 0. The highest BCUT2D eigenvalue weighted by molar-refractivity contribution is 5.88. The van der Waals surface area contributed by atoms with Crippen LogP contribution in [0.3, 0.4) is 0 Å². The number of hydrogen-bond donors (Lipinski definition) is 2. The molecule has 1 saturated carbocycles. The number of aliphatic hydroxyl groups is 2. The predicted octanol–water partition coefficient (Wildman–Crippen LogP) is 5.20. The average Bonchev–Trinajstić information content (AvgIpc) is 3.48. The third kappa shape index (κ3) is 6.94. The normalized spacial score (nSPS) is 33.8. The van der Waals surface area contributed by atoms with Gasteiger partial charge in [-0.1, -0.05) is 33.8 Å². The summed E-state index contributed by atoms with van der Waals surface area (Å²) in [5.74, 6) is -2.59. The molecule has 212 valence electrons. The van der Waals surface area contributed by atoms with Gasteiger partial charge in [-0.2, -0.15) is 13.2 Å². The van der Waals surface area contributed by atoms with Crippen molar-refractivity contribution >= 4 is 17.8 Å². The van der Waals surface area contributed by atoms with Crippen molar-refractivity contribution in [3.05, 3.63) is 35.1 Å². The van der Waals surface area contributed by atoms with Gasteiger partial charge in [0.05, 0.1) is 24.0 Å². The number of fused-ring (bicyclic) bond motifs is 1.